The van der Waals surface area contributed by atoms with Crippen molar-refractivity contribution in [3.8, 4) is 5.75 Å². The topological polar surface area (TPSA) is 58.6 Å². The minimum Gasteiger partial charge on any atom is -0.490 e. The van der Waals surface area contributed by atoms with Crippen LogP contribution in [0.4, 0.5) is 27.6 Å². The molecular weight excluding hydrogens is 361 g/mol. The van der Waals surface area contributed by atoms with E-state index in [0.717, 1.165) is 25.1 Å². The quantitative estimate of drug-likeness (QED) is 0.783. The van der Waals surface area contributed by atoms with Crippen molar-refractivity contribution in [3.63, 3.8) is 0 Å². The van der Waals surface area contributed by atoms with E-state index >= 15 is 0 Å². The van der Waals surface area contributed by atoms with E-state index in [0.29, 0.717) is 12.1 Å². The van der Waals surface area contributed by atoms with Gasteiger partial charge in [0.25, 0.3) is 5.91 Å². The van der Waals surface area contributed by atoms with E-state index < -0.39 is 41.5 Å². The maximum Gasteiger partial charge on any atom is 0.419 e. The SMILES string of the molecule is C[C@](O)(COc1ccc(F)cc1)C(=O)Nc1ccc(F)c(C(F)(F)F)c1. The molecule has 0 bridgehead atoms. The molecule has 26 heavy (non-hydrogen) atoms. The molecule has 4 nitrogen and oxygen atoms in total. The molecule has 2 aromatic rings. The lowest BCUT2D eigenvalue weighted by Gasteiger charge is -2.23. The maximum absolute atomic E-state index is 13.2. The van der Waals surface area contributed by atoms with Crippen molar-refractivity contribution < 1.29 is 36.6 Å². The minimum absolute atomic E-state index is 0.181. The number of rotatable bonds is 5. The van der Waals surface area contributed by atoms with Crippen LogP contribution in [0.2, 0.25) is 0 Å². The molecule has 0 aliphatic carbocycles. The zero-order valence-corrected chi connectivity index (χ0v) is 13.4. The van der Waals surface area contributed by atoms with Gasteiger partial charge in [-0.15, -0.1) is 0 Å². The molecule has 0 aromatic heterocycles. The number of alkyl halides is 3. The molecule has 0 heterocycles. The van der Waals surface area contributed by atoms with Crippen LogP contribution in [0, 0.1) is 11.6 Å². The Bertz CT molecular complexity index is 788. The lowest BCUT2D eigenvalue weighted by Crippen LogP contribution is -2.45. The summed E-state index contributed by atoms with van der Waals surface area (Å²) < 4.78 is 69.3. The van der Waals surface area contributed by atoms with Crippen LogP contribution in [0.25, 0.3) is 0 Å². The minimum atomic E-state index is -4.93. The van der Waals surface area contributed by atoms with Crippen molar-refractivity contribution in [2.45, 2.75) is 18.7 Å². The number of hydrogen-bond acceptors (Lipinski definition) is 3. The van der Waals surface area contributed by atoms with Crippen molar-refractivity contribution in [1.82, 2.24) is 0 Å². The summed E-state index contributed by atoms with van der Waals surface area (Å²) in [4.78, 5) is 12.1. The third-order valence-electron chi connectivity index (χ3n) is 3.35. The molecule has 0 radical (unpaired) electrons. The smallest absolute Gasteiger partial charge is 0.419 e. The van der Waals surface area contributed by atoms with Crippen LogP contribution in [0.5, 0.6) is 5.75 Å². The molecule has 0 fully saturated rings. The Hall–Kier alpha value is -2.68. The van der Waals surface area contributed by atoms with E-state index in [4.69, 9.17) is 4.74 Å². The van der Waals surface area contributed by atoms with Gasteiger partial charge in [0.05, 0.1) is 5.56 Å². The highest BCUT2D eigenvalue weighted by molar-refractivity contribution is 5.97. The van der Waals surface area contributed by atoms with E-state index in [1.807, 2.05) is 0 Å². The maximum atomic E-state index is 13.2. The number of amides is 1. The van der Waals surface area contributed by atoms with Gasteiger partial charge in [-0.2, -0.15) is 13.2 Å². The Morgan fingerprint density at radius 3 is 2.31 bits per heavy atom. The van der Waals surface area contributed by atoms with Gasteiger partial charge in [0.1, 0.15) is 24.0 Å². The Kier molecular flexibility index (Phi) is 5.50. The summed E-state index contributed by atoms with van der Waals surface area (Å²) in [6, 6.07) is 6.69. The summed E-state index contributed by atoms with van der Waals surface area (Å²) in [5, 5.41) is 12.2. The largest absolute Gasteiger partial charge is 0.490 e. The summed E-state index contributed by atoms with van der Waals surface area (Å²) in [5.41, 5.74) is -4.00. The van der Waals surface area contributed by atoms with Crippen molar-refractivity contribution in [2.24, 2.45) is 0 Å². The molecule has 0 saturated carbocycles. The van der Waals surface area contributed by atoms with Crippen LogP contribution < -0.4 is 10.1 Å². The molecule has 1 amide bonds. The number of ether oxygens (including phenoxy) is 1. The van der Waals surface area contributed by atoms with E-state index in [1.165, 1.54) is 12.1 Å². The van der Waals surface area contributed by atoms with Gasteiger partial charge in [0.2, 0.25) is 0 Å². The van der Waals surface area contributed by atoms with E-state index in [9.17, 15) is 31.9 Å². The van der Waals surface area contributed by atoms with Crippen LogP contribution in [0.1, 0.15) is 12.5 Å². The predicted octanol–water partition coefficient (Wildman–Crippen LogP) is 3.75. The predicted molar refractivity (Wildman–Crippen MR) is 82.6 cm³/mol. The lowest BCUT2D eigenvalue weighted by atomic mass is 10.1. The number of carbonyl (C=O) groups excluding carboxylic acids is 1. The van der Waals surface area contributed by atoms with Crippen molar-refractivity contribution >= 4 is 11.6 Å². The van der Waals surface area contributed by atoms with Crippen LogP contribution in [-0.2, 0) is 11.0 Å². The van der Waals surface area contributed by atoms with Crippen molar-refractivity contribution in [3.05, 3.63) is 59.7 Å². The highest BCUT2D eigenvalue weighted by atomic mass is 19.4. The fraction of sp³-hybridized carbons (Fsp3) is 0.235. The molecule has 1 atom stereocenters. The van der Waals surface area contributed by atoms with Gasteiger partial charge in [-0.1, -0.05) is 0 Å². The van der Waals surface area contributed by atoms with Crippen LogP contribution >= 0.6 is 0 Å². The summed E-state index contributed by atoms with van der Waals surface area (Å²) in [6.07, 6.45) is -4.93. The third-order valence-corrected chi connectivity index (χ3v) is 3.35. The first-order chi connectivity index (χ1) is 12.0. The summed E-state index contributed by atoms with van der Waals surface area (Å²) in [7, 11) is 0. The molecule has 0 aliphatic rings. The van der Waals surface area contributed by atoms with Gasteiger partial charge in [0, 0.05) is 5.69 Å². The van der Waals surface area contributed by atoms with E-state index in [2.05, 4.69) is 5.32 Å². The number of halogens is 5. The highest BCUT2D eigenvalue weighted by Gasteiger charge is 2.35. The van der Waals surface area contributed by atoms with Crippen LogP contribution in [-0.4, -0.2) is 23.2 Å². The molecule has 0 unspecified atom stereocenters. The second kappa shape index (κ2) is 7.28. The highest BCUT2D eigenvalue weighted by Crippen LogP contribution is 2.33. The molecule has 140 valence electrons. The first kappa shape index (κ1) is 19.6. The fourth-order valence-electron chi connectivity index (χ4n) is 1.91. The first-order valence-corrected chi connectivity index (χ1v) is 7.28. The molecule has 0 saturated heterocycles. The molecule has 2 aromatic carbocycles. The summed E-state index contributed by atoms with van der Waals surface area (Å²) in [6.45, 7) is 0.540. The average Bonchev–Trinajstić information content (AvgIpc) is 2.55. The monoisotopic (exact) mass is 375 g/mol. The molecule has 2 rings (SSSR count). The molecule has 0 spiro atoms. The zero-order chi connectivity index (χ0) is 19.5. The lowest BCUT2D eigenvalue weighted by molar-refractivity contribution is -0.140. The summed E-state index contributed by atoms with van der Waals surface area (Å²) in [5.74, 6) is -2.86. The number of nitrogens with one attached hydrogen (secondary N) is 1. The Labute approximate surface area is 145 Å². The third kappa shape index (κ3) is 4.92. The molecular formula is C17H14F5NO3. The zero-order valence-electron chi connectivity index (χ0n) is 13.4. The number of hydrogen-bond donors (Lipinski definition) is 2. The number of benzene rings is 2. The molecule has 0 aliphatic heterocycles. The normalized spacial score (nSPS) is 13.8. The van der Waals surface area contributed by atoms with Gasteiger partial charge >= 0.3 is 6.18 Å². The summed E-state index contributed by atoms with van der Waals surface area (Å²) >= 11 is 0. The Morgan fingerprint density at radius 2 is 1.73 bits per heavy atom. The van der Waals surface area contributed by atoms with Crippen molar-refractivity contribution in [1.29, 1.82) is 0 Å². The van der Waals surface area contributed by atoms with Crippen LogP contribution in [0.3, 0.4) is 0 Å². The van der Waals surface area contributed by atoms with Crippen molar-refractivity contribution in [2.75, 3.05) is 11.9 Å². The molecule has 9 heteroatoms. The molecule has 2 N–H and O–H groups in total. The van der Waals surface area contributed by atoms with Gasteiger partial charge in [-0.3, -0.25) is 4.79 Å². The number of anilines is 1. The van der Waals surface area contributed by atoms with E-state index in [-0.39, 0.29) is 11.4 Å². The van der Waals surface area contributed by atoms with Gasteiger partial charge in [-0.05, 0) is 49.4 Å². The Morgan fingerprint density at radius 1 is 1.12 bits per heavy atom. The van der Waals surface area contributed by atoms with Gasteiger partial charge in [-0.25, -0.2) is 8.78 Å². The van der Waals surface area contributed by atoms with Gasteiger partial charge < -0.3 is 15.2 Å². The Balaban J connectivity index is 2.06. The van der Waals surface area contributed by atoms with Crippen LogP contribution in [0.15, 0.2) is 42.5 Å². The standard InChI is InChI=1S/C17H14F5NO3/c1-16(25,9-26-12-5-2-10(18)3-6-12)15(24)23-11-4-7-14(19)13(8-11)17(20,21)22/h2-8,25H,9H2,1H3,(H,23,24)/t16-/m0/s1. The fourth-order valence-corrected chi connectivity index (χ4v) is 1.91. The number of carbonyl (C=O) groups is 1. The average molecular weight is 375 g/mol. The second-order valence-corrected chi connectivity index (χ2v) is 5.66. The second-order valence-electron chi connectivity index (χ2n) is 5.66. The van der Waals surface area contributed by atoms with Gasteiger partial charge in [0.15, 0.2) is 5.60 Å². The number of aliphatic hydroxyl groups is 1. The first-order valence-electron chi connectivity index (χ1n) is 7.28. The van der Waals surface area contributed by atoms with E-state index in [1.54, 1.807) is 0 Å².